The van der Waals surface area contributed by atoms with Crippen LogP contribution in [0.15, 0.2) is 66.7 Å². The highest BCUT2D eigenvalue weighted by molar-refractivity contribution is 6.02. The molecule has 1 aliphatic heterocycles. The molecule has 2 saturated carbocycles. The molecule has 0 atom stereocenters. The van der Waals surface area contributed by atoms with Gasteiger partial charge in [-0.05, 0) is 72.7 Å². The molecular weight excluding hydrogens is 450 g/mol. The Morgan fingerprint density at radius 1 is 1.00 bits per heavy atom. The number of anilines is 1. The smallest absolute Gasteiger partial charge is 0.337 e. The van der Waals surface area contributed by atoms with E-state index < -0.39 is 5.54 Å². The van der Waals surface area contributed by atoms with E-state index >= 15 is 0 Å². The lowest BCUT2D eigenvalue weighted by Crippen LogP contribution is -2.36. The summed E-state index contributed by atoms with van der Waals surface area (Å²) in [4.78, 5) is 27.9. The van der Waals surface area contributed by atoms with E-state index in [0.29, 0.717) is 23.2 Å². The summed E-state index contributed by atoms with van der Waals surface area (Å²) in [5, 5.41) is 12.4. The SMILES string of the molecule is COC(=O)c1ccc(C2(NC(=O)c3cccc4c3N(Cc3ccc(C#N)cc3)CC43CC3)CC2)cc1. The normalized spacial score (nSPS) is 17.7. The van der Waals surface area contributed by atoms with Gasteiger partial charge in [0.25, 0.3) is 5.91 Å². The van der Waals surface area contributed by atoms with Crippen molar-refractivity contribution in [3.63, 3.8) is 0 Å². The fourth-order valence-corrected chi connectivity index (χ4v) is 5.58. The summed E-state index contributed by atoms with van der Waals surface area (Å²) in [6, 6.07) is 23.3. The minimum Gasteiger partial charge on any atom is -0.465 e. The van der Waals surface area contributed by atoms with Crippen LogP contribution in [0.5, 0.6) is 0 Å². The number of para-hydroxylation sites is 1. The van der Waals surface area contributed by atoms with E-state index in [9.17, 15) is 9.59 Å². The van der Waals surface area contributed by atoms with E-state index in [0.717, 1.165) is 49.0 Å². The third kappa shape index (κ3) is 3.72. The highest BCUT2D eigenvalue weighted by Gasteiger charge is 2.53. The Morgan fingerprint density at radius 2 is 1.72 bits per heavy atom. The summed E-state index contributed by atoms with van der Waals surface area (Å²) in [7, 11) is 1.37. The van der Waals surface area contributed by atoms with Crippen molar-refractivity contribution in [3.05, 3.63) is 100 Å². The van der Waals surface area contributed by atoms with Crippen molar-refractivity contribution in [3.8, 4) is 6.07 Å². The fraction of sp³-hybridized carbons (Fsp3) is 0.300. The Balaban J connectivity index is 1.28. The summed E-state index contributed by atoms with van der Waals surface area (Å²) < 4.78 is 4.80. The molecule has 0 radical (unpaired) electrons. The Morgan fingerprint density at radius 3 is 2.33 bits per heavy atom. The molecule has 6 heteroatoms. The maximum atomic E-state index is 13.7. The number of rotatable bonds is 6. The van der Waals surface area contributed by atoms with Gasteiger partial charge in [-0.15, -0.1) is 0 Å². The average molecular weight is 478 g/mol. The molecule has 0 unspecified atom stereocenters. The van der Waals surface area contributed by atoms with Crippen LogP contribution in [0.2, 0.25) is 0 Å². The minimum absolute atomic E-state index is 0.0658. The molecule has 6 nitrogen and oxygen atoms in total. The molecule has 2 aliphatic carbocycles. The summed E-state index contributed by atoms with van der Waals surface area (Å²) in [6.07, 6.45) is 4.02. The van der Waals surface area contributed by atoms with Gasteiger partial charge in [0.2, 0.25) is 0 Å². The van der Waals surface area contributed by atoms with E-state index in [1.807, 2.05) is 48.5 Å². The van der Waals surface area contributed by atoms with Crippen LogP contribution < -0.4 is 10.2 Å². The molecule has 6 rings (SSSR count). The lowest BCUT2D eigenvalue weighted by atomic mass is 9.96. The number of benzene rings is 3. The van der Waals surface area contributed by atoms with E-state index in [2.05, 4.69) is 22.4 Å². The van der Waals surface area contributed by atoms with E-state index in [4.69, 9.17) is 10.00 Å². The van der Waals surface area contributed by atoms with Crippen LogP contribution in [0, 0.1) is 11.3 Å². The Hall–Kier alpha value is -4.11. The third-order valence-electron chi connectivity index (χ3n) is 7.93. The molecule has 1 N–H and O–H groups in total. The first kappa shape index (κ1) is 22.4. The first-order valence-corrected chi connectivity index (χ1v) is 12.4. The van der Waals surface area contributed by atoms with Crippen LogP contribution in [0.3, 0.4) is 0 Å². The number of nitrogens with zero attached hydrogens (tertiary/aromatic N) is 2. The zero-order valence-electron chi connectivity index (χ0n) is 20.2. The minimum atomic E-state index is -0.401. The predicted molar refractivity (Wildman–Crippen MR) is 136 cm³/mol. The molecule has 3 aromatic carbocycles. The Bertz CT molecular complexity index is 1390. The number of esters is 1. The van der Waals surface area contributed by atoms with Gasteiger partial charge in [0.1, 0.15) is 0 Å². The average Bonchev–Trinajstić information content (AvgIpc) is 3.84. The van der Waals surface area contributed by atoms with Crippen LogP contribution >= 0.6 is 0 Å². The van der Waals surface area contributed by atoms with E-state index in [1.54, 1.807) is 12.1 Å². The second kappa shape index (κ2) is 8.23. The van der Waals surface area contributed by atoms with Gasteiger partial charge in [0.05, 0.1) is 41.1 Å². The number of methoxy groups -OCH3 is 1. The van der Waals surface area contributed by atoms with Crippen LogP contribution in [-0.2, 0) is 22.2 Å². The first-order valence-electron chi connectivity index (χ1n) is 12.4. The summed E-state index contributed by atoms with van der Waals surface area (Å²) in [6.45, 7) is 1.61. The largest absolute Gasteiger partial charge is 0.465 e. The molecule has 0 saturated heterocycles. The molecular formula is C30H27N3O3. The number of carbonyl (C=O) groups is 2. The fourth-order valence-electron chi connectivity index (χ4n) is 5.58. The molecule has 1 spiro atoms. The number of hydrogen-bond donors (Lipinski definition) is 1. The van der Waals surface area contributed by atoms with Gasteiger partial charge in [-0.2, -0.15) is 5.26 Å². The number of fused-ring (bicyclic) bond motifs is 2. The van der Waals surface area contributed by atoms with Gasteiger partial charge in [0, 0.05) is 18.5 Å². The highest BCUT2D eigenvalue weighted by Crippen LogP contribution is 2.57. The number of hydrogen-bond acceptors (Lipinski definition) is 5. The first-order chi connectivity index (χ1) is 17.5. The summed E-state index contributed by atoms with van der Waals surface area (Å²) >= 11 is 0. The van der Waals surface area contributed by atoms with Crippen molar-refractivity contribution in [2.45, 2.75) is 43.2 Å². The molecule has 1 heterocycles. The van der Waals surface area contributed by atoms with Crippen LogP contribution in [0.4, 0.5) is 5.69 Å². The molecule has 0 bridgehead atoms. The molecule has 1 amide bonds. The number of nitrogens with one attached hydrogen (secondary N) is 1. The predicted octanol–water partition coefficient (Wildman–Crippen LogP) is 4.82. The third-order valence-corrected chi connectivity index (χ3v) is 7.93. The molecule has 180 valence electrons. The summed E-state index contributed by atoms with van der Waals surface area (Å²) in [5.74, 6) is -0.435. The zero-order chi connectivity index (χ0) is 24.9. The topological polar surface area (TPSA) is 82.4 Å². The van der Waals surface area contributed by atoms with Crippen LogP contribution in [-0.4, -0.2) is 25.5 Å². The van der Waals surface area contributed by atoms with Crippen molar-refractivity contribution in [2.24, 2.45) is 0 Å². The lowest BCUT2D eigenvalue weighted by molar-refractivity contribution is 0.0600. The number of amides is 1. The van der Waals surface area contributed by atoms with Crippen molar-refractivity contribution in [2.75, 3.05) is 18.6 Å². The maximum absolute atomic E-state index is 13.7. The van der Waals surface area contributed by atoms with E-state index in [1.165, 1.54) is 12.7 Å². The number of nitriles is 1. The van der Waals surface area contributed by atoms with E-state index in [-0.39, 0.29) is 17.3 Å². The molecule has 3 aliphatic rings. The van der Waals surface area contributed by atoms with Crippen LogP contribution in [0.25, 0.3) is 0 Å². The molecule has 2 fully saturated rings. The Labute approximate surface area is 210 Å². The second-order valence-electron chi connectivity index (χ2n) is 10.3. The number of ether oxygens (including phenoxy) is 1. The zero-order valence-corrected chi connectivity index (χ0v) is 20.2. The summed E-state index contributed by atoms with van der Waals surface area (Å²) in [5.41, 5.74) is 6.04. The molecule has 3 aromatic rings. The monoisotopic (exact) mass is 477 g/mol. The highest BCUT2D eigenvalue weighted by atomic mass is 16.5. The lowest BCUT2D eigenvalue weighted by Gasteiger charge is -2.24. The maximum Gasteiger partial charge on any atom is 0.337 e. The molecule has 0 aromatic heterocycles. The number of carbonyl (C=O) groups excluding carboxylic acids is 2. The van der Waals surface area contributed by atoms with Gasteiger partial charge in [0.15, 0.2) is 0 Å². The Kier molecular flexibility index (Phi) is 5.11. The molecule has 36 heavy (non-hydrogen) atoms. The van der Waals surface area contributed by atoms with Crippen molar-refractivity contribution >= 4 is 17.6 Å². The van der Waals surface area contributed by atoms with Crippen molar-refractivity contribution in [1.82, 2.24) is 5.32 Å². The van der Waals surface area contributed by atoms with Gasteiger partial charge in [-0.3, -0.25) is 4.79 Å². The standard InChI is InChI=1S/C30H27N3O3/c1-36-28(35)22-9-11-23(12-10-22)30(15-16-30)32-27(34)24-3-2-4-25-26(24)33(19-29(25)13-14-29)18-21-7-5-20(17-31)6-8-21/h2-12H,13-16,18-19H2,1H3,(H,32,34). The van der Waals surface area contributed by atoms with Crippen molar-refractivity contribution < 1.29 is 14.3 Å². The van der Waals surface area contributed by atoms with Crippen LogP contribution in [0.1, 0.15) is 68.7 Å². The van der Waals surface area contributed by atoms with Crippen molar-refractivity contribution in [1.29, 1.82) is 5.26 Å². The van der Waals surface area contributed by atoms with Gasteiger partial charge in [-0.25, -0.2) is 4.79 Å². The quantitative estimate of drug-likeness (QED) is 0.515. The van der Waals surface area contributed by atoms with Gasteiger partial charge in [-0.1, -0.05) is 36.4 Å². The second-order valence-corrected chi connectivity index (χ2v) is 10.3. The van der Waals surface area contributed by atoms with Gasteiger partial charge >= 0.3 is 5.97 Å². The van der Waals surface area contributed by atoms with Gasteiger partial charge < -0.3 is 15.0 Å².